The summed E-state index contributed by atoms with van der Waals surface area (Å²) in [5.74, 6) is 0.740. The topological polar surface area (TPSA) is 9.23 Å². The molecule has 1 unspecified atom stereocenters. The van der Waals surface area contributed by atoms with Crippen LogP contribution in [0.25, 0.3) is 0 Å². The van der Waals surface area contributed by atoms with E-state index in [2.05, 4.69) is 67.3 Å². The Labute approximate surface area is 179 Å². The summed E-state index contributed by atoms with van der Waals surface area (Å²) in [4.78, 5) is 0. The van der Waals surface area contributed by atoms with E-state index in [0.29, 0.717) is 11.1 Å². The van der Waals surface area contributed by atoms with E-state index in [-0.39, 0.29) is 0 Å². The first-order chi connectivity index (χ1) is 13.0. The normalized spacial score (nSPS) is 14.6. The third-order valence-corrected chi connectivity index (χ3v) is 10.9. The lowest BCUT2D eigenvalue weighted by Gasteiger charge is -2.40. The van der Waals surface area contributed by atoms with Crippen molar-refractivity contribution in [1.29, 1.82) is 0 Å². The van der Waals surface area contributed by atoms with Gasteiger partial charge in [0.1, 0.15) is 0 Å². The standard InChI is InChI=1S/C26H52OSi/c1-10-11-12-13-14-15-16-17-21-25(27-28(8,9)26(5,6)7)22-24(4)20-18-19-23(2)3/h10,19,24-25H,1,11-18,20-22H2,2-9H3/t24-,25?/m1/s1. The predicted octanol–water partition coefficient (Wildman–Crippen LogP) is 9.46. The molecule has 0 aliphatic carbocycles. The summed E-state index contributed by atoms with van der Waals surface area (Å²) in [7, 11) is -1.70. The van der Waals surface area contributed by atoms with E-state index in [9.17, 15) is 0 Å². The summed E-state index contributed by atoms with van der Waals surface area (Å²) in [6.07, 6.45) is 19.1. The molecule has 2 atom stereocenters. The van der Waals surface area contributed by atoms with E-state index in [1.807, 2.05) is 6.08 Å². The van der Waals surface area contributed by atoms with Gasteiger partial charge < -0.3 is 4.43 Å². The first kappa shape index (κ1) is 27.7. The molecule has 1 nitrogen and oxygen atoms in total. The van der Waals surface area contributed by atoms with E-state index in [0.717, 1.165) is 5.92 Å². The van der Waals surface area contributed by atoms with Gasteiger partial charge in [-0.25, -0.2) is 0 Å². The second-order valence-electron chi connectivity index (χ2n) is 10.7. The summed E-state index contributed by atoms with van der Waals surface area (Å²) in [5.41, 5.74) is 1.44. The molecule has 0 fully saturated rings. The lowest BCUT2D eigenvalue weighted by atomic mass is 9.95. The Morgan fingerprint density at radius 1 is 0.929 bits per heavy atom. The van der Waals surface area contributed by atoms with Crippen molar-refractivity contribution in [1.82, 2.24) is 0 Å². The van der Waals surface area contributed by atoms with Crippen molar-refractivity contribution in [2.45, 2.75) is 136 Å². The number of hydrogen-bond acceptors (Lipinski definition) is 1. The van der Waals surface area contributed by atoms with Crippen LogP contribution in [-0.4, -0.2) is 14.4 Å². The molecule has 0 radical (unpaired) electrons. The van der Waals surface area contributed by atoms with E-state index in [4.69, 9.17) is 4.43 Å². The van der Waals surface area contributed by atoms with E-state index < -0.39 is 8.32 Å². The Hall–Kier alpha value is -0.343. The van der Waals surface area contributed by atoms with E-state index in [1.165, 1.54) is 76.2 Å². The van der Waals surface area contributed by atoms with Crippen LogP contribution >= 0.6 is 0 Å². The summed E-state index contributed by atoms with van der Waals surface area (Å²) < 4.78 is 6.87. The van der Waals surface area contributed by atoms with Crippen molar-refractivity contribution in [2.24, 2.45) is 5.92 Å². The summed E-state index contributed by atoms with van der Waals surface area (Å²) in [6.45, 7) is 22.5. The van der Waals surface area contributed by atoms with Gasteiger partial charge >= 0.3 is 0 Å². The molecule has 0 bridgehead atoms. The van der Waals surface area contributed by atoms with Crippen LogP contribution in [0.1, 0.15) is 112 Å². The molecule has 0 saturated carbocycles. The van der Waals surface area contributed by atoms with Crippen molar-refractivity contribution >= 4 is 8.32 Å². The van der Waals surface area contributed by atoms with Gasteiger partial charge in [-0.05, 0) is 76.4 Å². The Kier molecular flexibility index (Phi) is 14.4. The zero-order chi connectivity index (χ0) is 21.6. The Morgan fingerprint density at radius 2 is 1.50 bits per heavy atom. The maximum Gasteiger partial charge on any atom is 0.192 e. The second-order valence-corrected chi connectivity index (χ2v) is 15.4. The van der Waals surface area contributed by atoms with Gasteiger partial charge in [0.05, 0.1) is 0 Å². The fraction of sp³-hybridized carbons (Fsp3) is 0.846. The third-order valence-electron chi connectivity index (χ3n) is 6.33. The number of rotatable bonds is 16. The number of unbranched alkanes of at least 4 members (excludes halogenated alkanes) is 6. The SMILES string of the molecule is C=CCCCCCCCCC(C[C@H](C)CCC=C(C)C)O[Si](C)(C)C(C)(C)C. The Morgan fingerprint density at radius 3 is 2.04 bits per heavy atom. The summed E-state index contributed by atoms with van der Waals surface area (Å²) >= 11 is 0. The highest BCUT2D eigenvalue weighted by Crippen LogP contribution is 2.38. The van der Waals surface area contributed by atoms with Crippen LogP contribution in [0.15, 0.2) is 24.3 Å². The Bertz CT molecular complexity index is 426. The molecule has 0 aliphatic heterocycles. The lowest BCUT2D eigenvalue weighted by molar-refractivity contribution is 0.138. The van der Waals surface area contributed by atoms with Crippen LogP contribution in [-0.2, 0) is 4.43 Å². The largest absolute Gasteiger partial charge is 0.414 e. The maximum atomic E-state index is 6.87. The smallest absolute Gasteiger partial charge is 0.192 e. The fourth-order valence-corrected chi connectivity index (χ4v) is 4.81. The van der Waals surface area contributed by atoms with Gasteiger partial charge in [0.2, 0.25) is 0 Å². The molecule has 0 rings (SSSR count). The van der Waals surface area contributed by atoms with Crippen LogP contribution in [0, 0.1) is 5.92 Å². The first-order valence-corrected chi connectivity index (χ1v) is 14.8. The van der Waals surface area contributed by atoms with Gasteiger partial charge in [0.25, 0.3) is 0 Å². The van der Waals surface area contributed by atoms with Crippen LogP contribution in [0.5, 0.6) is 0 Å². The molecule has 166 valence electrons. The molecule has 0 amide bonds. The monoisotopic (exact) mass is 408 g/mol. The molecule has 0 aliphatic rings. The van der Waals surface area contributed by atoms with Crippen molar-refractivity contribution < 1.29 is 4.43 Å². The zero-order valence-corrected chi connectivity index (χ0v) is 21.7. The van der Waals surface area contributed by atoms with Crippen LogP contribution < -0.4 is 0 Å². The van der Waals surface area contributed by atoms with E-state index >= 15 is 0 Å². The van der Waals surface area contributed by atoms with Crippen molar-refractivity contribution in [2.75, 3.05) is 0 Å². The average molecular weight is 409 g/mol. The summed E-state index contributed by atoms with van der Waals surface area (Å²) in [5, 5.41) is 0.293. The summed E-state index contributed by atoms with van der Waals surface area (Å²) in [6, 6.07) is 0. The minimum atomic E-state index is -1.70. The van der Waals surface area contributed by atoms with Gasteiger partial charge in [-0.15, -0.1) is 6.58 Å². The van der Waals surface area contributed by atoms with Gasteiger partial charge in [-0.1, -0.05) is 77.5 Å². The van der Waals surface area contributed by atoms with Gasteiger partial charge in [0, 0.05) is 6.10 Å². The molecule has 0 aromatic heterocycles. The van der Waals surface area contributed by atoms with Crippen LogP contribution in [0.4, 0.5) is 0 Å². The third kappa shape index (κ3) is 13.8. The lowest BCUT2D eigenvalue weighted by Crippen LogP contribution is -2.44. The fourth-order valence-electron chi connectivity index (χ4n) is 3.41. The minimum Gasteiger partial charge on any atom is -0.414 e. The number of hydrogen-bond donors (Lipinski definition) is 0. The van der Waals surface area contributed by atoms with Gasteiger partial charge in [-0.2, -0.15) is 0 Å². The molecule has 0 aromatic carbocycles. The van der Waals surface area contributed by atoms with Crippen LogP contribution in [0.3, 0.4) is 0 Å². The molecule has 28 heavy (non-hydrogen) atoms. The van der Waals surface area contributed by atoms with Crippen LogP contribution in [0.2, 0.25) is 18.1 Å². The highest BCUT2D eigenvalue weighted by Gasteiger charge is 2.39. The van der Waals surface area contributed by atoms with Gasteiger partial charge in [-0.3, -0.25) is 0 Å². The predicted molar refractivity (Wildman–Crippen MR) is 132 cm³/mol. The Balaban J connectivity index is 4.51. The molecule has 0 aromatic rings. The highest BCUT2D eigenvalue weighted by atomic mass is 28.4. The molecule has 0 spiro atoms. The molecule has 0 saturated heterocycles. The molecular formula is C26H52OSi. The average Bonchev–Trinajstić information content (AvgIpc) is 2.55. The van der Waals surface area contributed by atoms with Crippen molar-refractivity contribution in [3.63, 3.8) is 0 Å². The molecule has 2 heteroatoms. The van der Waals surface area contributed by atoms with Crippen molar-refractivity contribution in [3.05, 3.63) is 24.3 Å². The van der Waals surface area contributed by atoms with Crippen molar-refractivity contribution in [3.8, 4) is 0 Å². The molecular weight excluding hydrogens is 356 g/mol. The second kappa shape index (κ2) is 14.6. The minimum absolute atomic E-state index is 0.293. The molecule has 0 N–H and O–H groups in total. The molecule has 0 heterocycles. The highest BCUT2D eigenvalue weighted by molar-refractivity contribution is 6.74. The zero-order valence-electron chi connectivity index (χ0n) is 20.7. The van der Waals surface area contributed by atoms with Gasteiger partial charge in [0.15, 0.2) is 8.32 Å². The quantitative estimate of drug-likeness (QED) is 0.140. The maximum absolute atomic E-state index is 6.87. The van der Waals surface area contributed by atoms with E-state index in [1.54, 1.807) is 0 Å². The first-order valence-electron chi connectivity index (χ1n) is 11.9. The number of allylic oxidation sites excluding steroid dienone is 3.